The molecule has 25 heavy (non-hydrogen) atoms. The molecular weight excluding hydrogens is 409 g/mol. The van der Waals surface area contributed by atoms with E-state index in [4.69, 9.17) is 5.73 Å². The zero-order chi connectivity index (χ0) is 18.0. The van der Waals surface area contributed by atoms with E-state index in [-0.39, 0.29) is 5.69 Å². The van der Waals surface area contributed by atoms with Crippen LogP contribution in [0.5, 0.6) is 0 Å². The molecule has 1 unspecified atom stereocenters. The molecule has 8 heteroatoms. The highest BCUT2D eigenvalue weighted by atomic mass is 79.9. The fraction of sp³-hybridized carbons (Fsp3) is 0.294. The number of benzene rings is 1. The van der Waals surface area contributed by atoms with Crippen LogP contribution >= 0.6 is 27.3 Å². The Morgan fingerprint density at radius 1 is 1.36 bits per heavy atom. The first-order valence-corrected chi connectivity index (χ1v) is 9.40. The van der Waals surface area contributed by atoms with Crippen molar-refractivity contribution in [3.8, 4) is 10.4 Å². The van der Waals surface area contributed by atoms with Gasteiger partial charge in [0, 0.05) is 5.56 Å². The summed E-state index contributed by atoms with van der Waals surface area (Å²) in [5.41, 5.74) is 4.76. The first kappa shape index (κ1) is 18.2. The number of carbonyl (C=O) groups excluding carboxylic acids is 2. The molecule has 1 saturated heterocycles. The van der Waals surface area contributed by atoms with Crippen molar-refractivity contribution in [2.45, 2.75) is 24.8 Å². The fourth-order valence-electron chi connectivity index (χ4n) is 2.91. The lowest BCUT2D eigenvalue weighted by Gasteiger charge is -2.34. The second kappa shape index (κ2) is 7.31. The normalized spacial score (nSPS) is 20.4. The summed E-state index contributed by atoms with van der Waals surface area (Å²) in [6.45, 7) is 0.605. The second-order valence-corrected chi connectivity index (χ2v) is 8.13. The average Bonchev–Trinajstić information content (AvgIpc) is 2.98. The van der Waals surface area contributed by atoms with Gasteiger partial charge in [0.15, 0.2) is 9.70 Å². The van der Waals surface area contributed by atoms with Crippen LogP contribution in [0.4, 0.5) is 4.39 Å². The molecule has 3 rings (SSSR count). The second-order valence-electron chi connectivity index (χ2n) is 5.85. The van der Waals surface area contributed by atoms with Crippen LogP contribution in [0.25, 0.3) is 10.4 Å². The summed E-state index contributed by atoms with van der Waals surface area (Å²) < 4.78 is 14.6. The van der Waals surface area contributed by atoms with Crippen molar-refractivity contribution in [1.29, 1.82) is 0 Å². The Hall–Kier alpha value is -1.64. The Kier molecular flexibility index (Phi) is 5.31. The summed E-state index contributed by atoms with van der Waals surface area (Å²) in [6, 6.07) is 6.19. The number of nitrogens with one attached hydrogen (secondary N) is 1. The van der Waals surface area contributed by atoms with Crippen LogP contribution in [0.15, 0.2) is 28.2 Å². The summed E-state index contributed by atoms with van der Waals surface area (Å²) in [4.78, 5) is 29.4. The molecule has 1 radical (unpaired) electrons. The molecule has 1 aromatic heterocycles. The number of nitrogens with two attached hydrogens (primary N) is 1. The van der Waals surface area contributed by atoms with Gasteiger partial charge in [0.2, 0.25) is 5.91 Å². The van der Waals surface area contributed by atoms with Crippen molar-refractivity contribution >= 4 is 39.0 Å². The van der Waals surface area contributed by atoms with Crippen LogP contribution in [0, 0.1) is 12.2 Å². The smallest absolute Gasteiger partial charge is 0.238 e. The number of nitrogens with zero attached hydrogens (tertiary/aromatic N) is 1. The molecule has 1 fully saturated rings. The van der Waals surface area contributed by atoms with Gasteiger partial charge in [-0.2, -0.15) is 0 Å². The predicted molar refractivity (Wildman–Crippen MR) is 97.6 cm³/mol. The zero-order valence-corrected chi connectivity index (χ0v) is 15.6. The number of amides is 1. The van der Waals surface area contributed by atoms with Crippen molar-refractivity contribution < 1.29 is 14.0 Å². The molecule has 3 N–H and O–H groups in total. The minimum Gasteiger partial charge on any atom is -0.368 e. The molecule has 0 saturated carbocycles. The Morgan fingerprint density at radius 2 is 2.12 bits per heavy atom. The number of aromatic nitrogens is 1. The van der Waals surface area contributed by atoms with Crippen LogP contribution in [0.1, 0.15) is 29.8 Å². The highest BCUT2D eigenvalue weighted by molar-refractivity contribution is 9.11. The number of Topliss-reactive ketones (excluding diaryl/α,β-unsaturated/α-hetero) is 1. The van der Waals surface area contributed by atoms with Crippen LogP contribution in [-0.2, 0) is 4.79 Å². The van der Waals surface area contributed by atoms with Gasteiger partial charge in [0.05, 0.1) is 11.3 Å². The molecule has 1 atom stereocenters. The number of hydrogen-bond acceptors (Lipinski definition) is 5. The fourth-order valence-corrected chi connectivity index (χ4v) is 4.40. The minimum absolute atomic E-state index is 0.106. The third-order valence-corrected chi connectivity index (χ3v) is 5.75. The summed E-state index contributed by atoms with van der Waals surface area (Å²) in [5, 5.41) is 3.05. The van der Waals surface area contributed by atoms with E-state index in [1.165, 1.54) is 23.8 Å². The van der Waals surface area contributed by atoms with Crippen molar-refractivity contribution in [2.24, 2.45) is 5.73 Å². The van der Waals surface area contributed by atoms with Gasteiger partial charge >= 0.3 is 0 Å². The monoisotopic (exact) mass is 424 g/mol. The van der Waals surface area contributed by atoms with E-state index in [2.05, 4.69) is 26.2 Å². The maximum absolute atomic E-state index is 14.1. The average molecular weight is 425 g/mol. The molecule has 5 nitrogen and oxygen atoms in total. The maximum Gasteiger partial charge on any atom is 0.238 e. The molecule has 1 aromatic carbocycles. The van der Waals surface area contributed by atoms with E-state index in [1.54, 1.807) is 18.2 Å². The lowest BCUT2D eigenvalue weighted by Crippen LogP contribution is -2.59. The highest BCUT2D eigenvalue weighted by Gasteiger charge is 2.41. The molecular formula is C17H16BrFN3O2S. The Morgan fingerprint density at radius 3 is 2.76 bits per heavy atom. The number of piperidine rings is 1. The molecule has 2 aromatic rings. The molecule has 131 valence electrons. The Labute approximate surface area is 157 Å². The van der Waals surface area contributed by atoms with Crippen LogP contribution in [0.3, 0.4) is 0 Å². The Bertz CT molecular complexity index is 818. The van der Waals surface area contributed by atoms with E-state index in [9.17, 15) is 14.0 Å². The molecule has 0 aliphatic carbocycles. The van der Waals surface area contributed by atoms with Crippen LogP contribution in [-0.4, -0.2) is 28.8 Å². The minimum atomic E-state index is -1.18. The van der Waals surface area contributed by atoms with Crippen molar-refractivity contribution in [3.63, 3.8) is 0 Å². The van der Waals surface area contributed by atoms with E-state index in [0.717, 1.165) is 12.8 Å². The largest absolute Gasteiger partial charge is 0.368 e. The predicted octanol–water partition coefficient (Wildman–Crippen LogP) is 3.10. The van der Waals surface area contributed by atoms with Gasteiger partial charge in [-0.1, -0.05) is 18.2 Å². The number of thiazole rings is 1. The first-order valence-electron chi connectivity index (χ1n) is 7.79. The van der Waals surface area contributed by atoms with E-state index >= 15 is 0 Å². The molecule has 1 amide bonds. The van der Waals surface area contributed by atoms with Crippen molar-refractivity contribution in [2.75, 3.05) is 6.54 Å². The van der Waals surface area contributed by atoms with Gasteiger partial charge < -0.3 is 11.1 Å². The number of primary amides is 1. The van der Waals surface area contributed by atoms with Crippen LogP contribution < -0.4 is 11.1 Å². The van der Waals surface area contributed by atoms with Gasteiger partial charge in [-0.25, -0.2) is 9.37 Å². The topological polar surface area (TPSA) is 85.1 Å². The number of rotatable bonds is 5. The molecule has 0 bridgehead atoms. The quantitative estimate of drug-likeness (QED) is 0.722. The van der Waals surface area contributed by atoms with Crippen molar-refractivity contribution in [3.05, 3.63) is 46.1 Å². The first-order chi connectivity index (χ1) is 11.9. The lowest BCUT2D eigenvalue weighted by atomic mass is 9.83. The van der Waals surface area contributed by atoms with Crippen LogP contribution in [0.2, 0.25) is 0 Å². The number of carbonyl (C=O) groups is 2. The molecule has 1 aliphatic rings. The summed E-state index contributed by atoms with van der Waals surface area (Å²) in [7, 11) is 0. The van der Waals surface area contributed by atoms with E-state index in [1.807, 2.05) is 0 Å². The van der Waals surface area contributed by atoms with Gasteiger partial charge in [0.25, 0.3) is 0 Å². The maximum atomic E-state index is 14.1. The van der Waals surface area contributed by atoms with Gasteiger partial charge in [-0.3, -0.25) is 9.59 Å². The Balaban J connectivity index is 1.95. The summed E-state index contributed by atoms with van der Waals surface area (Å²) >= 11 is 4.42. The molecule has 2 heterocycles. The SMILES string of the molecule is NC(=O)C1([CH]C(=O)c2nc(Br)sc2-c2ccccc2F)CCCCN1. The standard InChI is InChI=1S/C17H16BrFN3O2S/c18-16-22-13(14(25-16)10-5-1-2-6-11(10)19)12(23)9-17(15(20)24)7-3-4-8-21-17/h1-2,5-6,9,21H,3-4,7-8H2,(H2,20,24). The third kappa shape index (κ3) is 3.65. The number of hydrogen-bond donors (Lipinski definition) is 2. The highest BCUT2D eigenvalue weighted by Crippen LogP contribution is 2.36. The van der Waals surface area contributed by atoms with Gasteiger partial charge in [-0.15, -0.1) is 11.3 Å². The molecule has 1 aliphatic heterocycles. The summed E-state index contributed by atoms with van der Waals surface area (Å²) in [5.74, 6) is -1.48. The summed E-state index contributed by atoms with van der Waals surface area (Å²) in [6.07, 6.45) is 3.45. The lowest BCUT2D eigenvalue weighted by molar-refractivity contribution is -0.123. The number of halogens is 2. The number of ketones is 1. The third-order valence-electron chi connectivity index (χ3n) is 4.21. The van der Waals surface area contributed by atoms with E-state index < -0.39 is 23.0 Å². The van der Waals surface area contributed by atoms with E-state index in [0.29, 0.717) is 27.3 Å². The molecule has 0 spiro atoms. The van der Waals surface area contributed by atoms with Crippen molar-refractivity contribution in [1.82, 2.24) is 10.3 Å². The van der Waals surface area contributed by atoms with Gasteiger partial charge in [-0.05, 0) is 47.8 Å². The van der Waals surface area contributed by atoms with Gasteiger partial charge in [0.1, 0.15) is 17.1 Å². The zero-order valence-electron chi connectivity index (χ0n) is 13.2.